The van der Waals surface area contributed by atoms with Crippen molar-refractivity contribution in [2.24, 2.45) is 5.84 Å². The van der Waals surface area contributed by atoms with E-state index in [4.69, 9.17) is 10.6 Å². The van der Waals surface area contributed by atoms with Crippen LogP contribution >= 0.6 is 11.3 Å². The van der Waals surface area contributed by atoms with Gasteiger partial charge in [-0.25, -0.2) is 5.84 Å². The molecule has 1 aromatic heterocycles. The van der Waals surface area contributed by atoms with E-state index in [9.17, 15) is 0 Å². The Labute approximate surface area is 94.0 Å². The second-order valence-corrected chi connectivity index (χ2v) is 4.32. The predicted octanol–water partition coefficient (Wildman–Crippen LogP) is 1.92. The quantitative estimate of drug-likeness (QED) is 0.405. The molecule has 0 atom stereocenters. The highest BCUT2D eigenvalue weighted by Crippen LogP contribution is 2.14. The minimum Gasteiger partial charge on any atom is -0.374 e. The van der Waals surface area contributed by atoms with Gasteiger partial charge in [-0.15, -0.1) is 10.2 Å². The van der Waals surface area contributed by atoms with Gasteiger partial charge in [-0.2, -0.15) is 0 Å². The average Bonchev–Trinajstić information content (AvgIpc) is 2.71. The minimum atomic E-state index is 0.533. The number of nitrogens with one attached hydrogen (secondary N) is 1. The fourth-order valence-corrected chi connectivity index (χ4v) is 1.75. The van der Waals surface area contributed by atoms with Crippen LogP contribution < -0.4 is 11.3 Å². The number of rotatable bonds is 8. The lowest BCUT2D eigenvalue weighted by Gasteiger charge is -2.00. The third kappa shape index (κ3) is 5.06. The first-order valence-electron chi connectivity index (χ1n) is 5.23. The van der Waals surface area contributed by atoms with Crippen molar-refractivity contribution in [2.75, 3.05) is 12.0 Å². The third-order valence-electron chi connectivity index (χ3n) is 1.96. The molecule has 0 aliphatic carbocycles. The summed E-state index contributed by atoms with van der Waals surface area (Å²) in [5, 5.41) is 9.22. The van der Waals surface area contributed by atoms with Gasteiger partial charge in [0.05, 0.1) is 0 Å². The molecule has 0 spiro atoms. The Kier molecular flexibility index (Phi) is 6.22. The number of anilines is 1. The Hall–Kier alpha value is -0.720. The average molecular weight is 230 g/mol. The van der Waals surface area contributed by atoms with Gasteiger partial charge in [0.1, 0.15) is 11.6 Å². The summed E-state index contributed by atoms with van der Waals surface area (Å²) in [7, 11) is 0. The molecule has 0 unspecified atom stereocenters. The lowest BCUT2D eigenvalue weighted by atomic mass is 10.2. The highest BCUT2D eigenvalue weighted by molar-refractivity contribution is 7.15. The normalized spacial score (nSPS) is 10.5. The van der Waals surface area contributed by atoms with Crippen LogP contribution in [-0.4, -0.2) is 16.8 Å². The Morgan fingerprint density at radius 2 is 2.20 bits per heavy atom. The molecular formula is C9H18N4OS. The second kappa shape index (κ2) is 7.56. The highest BCUT2D eigenvalue weighted by atomic mass is 32.1. The standard InChI is InChI=1S/C9H18N4OS/c1-2-3-4-5-6-14-7-8-12-13-9(11-10)15-8/h2-7,10H2,1H3,(H,11,13). The van der Waals surface area contributed by atoms with Gasteiger partial charge < -0.3 is 4.74 Å². The van der Waals surface area contributed by atoms with E-state index in [-0.39, 0.29) is 0 Å². The van der Waals surface area contributed by atoms with Crippen LogP contribution in [0.15, 0.2) is 0 Å². The summed E-state index contributed by atoms with van der Waals surface area (Å²) in [6, 6.07) is 0. The highest BCUT2D eigenvalue weighted by Gasteiger charge is 2.01. The Morgan fingerprint density at radius 1 is 1.33 bits per heavy atom. The van der Waals surface area contributed by atoms with Gasteiger partial charge in [-0.3, -0.25) is 5.43 Å². The molecule has 0 amide bonds. The van der Waals surface area contributed by atoms with Gasteiger partial charge >= 0.3 is 0 Å². The number of ether oxygens (including phenoxy) is 1. The maximum Gasteiger partial charge on any atom is 0.219 e. The van der Waals surface area contributed by atoms with Gasteiger partial charge in [-0.1, -0.05) is 37.5 Å². The summed E-state index contributed by atoms with van der Waals surface area (Å²) in [6.07, 6.45) is 4.89. The number of hydrogen-bond donors (Lipinski definition) is 2. The van der Waals surface area contributed by atoms with Crippen LogP contribution in [0.3, 0.4) is 0 Å². The maximum absolute atomic E-state index is 5.46. The molecule has 1 rings (SSSR count). The van der Waals surface area contributed by atoms with Crippen molar-refractivity contribution in [1.82, 2.24) is 10.2 Å². The molecule has 15 heavy (non-hydrogen) atoms. The lowest BCUT2D eigenvalue weighted by Crippen LogP contribution is -2.05. The van der Waals surface area contributed by atoms with Gasteiger partial charge in [0.15, 0.2) is 0 Å². The minimum absolute atomic E-state index is 0.533. The zero-order chi connectivity index (χ0) is 10.9. The largest absolute Gasteiger partial charge is 0.374 e. The number of unbranched alkanes of at least 4 members (excludes halogenated alkanes) is 3. The number of aromatic nitrogens is 2. The van der Waals surface area contributed by atoms with Crippen LogP contribution in [0.4, 0.5) is 5.13 Å². The van der Waals surface area contributed by atoms with E-state index in [1.54, 1.807) is 0 Å². The summed E-state index contributed by atoms with van der Waals surface area (Å²) >= 11 is 1.42. The Bertz CT molecular complexity index is 266. The predicted molar refractivity (Wildman–Crippen MR) is 61.5 cm³/mol. The molecule has 6 heteroatoms. The second-order valence-electron chi connectivity index (χ2n) is 3.26. The van der Waals surface area contributed by atoms with Crippen molar-refractivity contribution in [1.29, 1.82) is 0 Å². The van der Waals surface area contributed by atoms with Crippen molar-refractivity contribution in [2.45, 2.75) is 39.2 Å². The zero-order valence-electron chi connectivity index (χ0n) is 9.03. The number of nitrogen functional groups attached to an aromatic ring is 1. The zero-order valence-corrected chi connectivity index (χ0v) is 9.85. The summed E-state index contributed by atoms with van der Waals surface area (Å²) in [5.41, 5.74) is 2.46. The first-order chi connectivity index (χ1) is 7.36. The molecule has 0 saturated heterocycles. The number of nitrogens with two attached hydrogens (primary N) is 1. The van der Waals surface area contributed by atoms with Crippen LogP contribution in [0.2, 0.25) is 0 Å². The summed E-state index contributed by atoms with van der Waals surface area (Å²) in [5.74, 6) is 5.19. The number of hydrazine groups is 1. The van der Waals surface area contributed by atoms with Gasteiger partial charge in [0.2, 0.25) is 5.13 Å². The van der Waals surface area contributed by atoms with Crippen LogP contribution in [0.5, 0.6) is 0 Å². The van der Waals surface area contributed by atoms with E-state index >= 15 is 0 Å². The molecular weight excluding hydrogens is 212 g/mol. The Balaban J connectivity index is 2.04. The number of nitrogens with zero attached hydrogens (tertiary/aromatic N) is 2. The maximum atomic E-state index is 5.46. The van der Waals surface area contributed by atoms with Crippen molar-refractivity contribution < 1.29 is 4.74 Å². The molecule has 5 nitrogen and oxygen atoms in total. The van der Waals surface area contributed by atoms with Crippen LogP contribution in [0.25, 0.3) is 0 Å². The van der Waals surface area contributed by atoms with Crippen molar-refractivity contribution in [3.8, 4) is 0 Å². The summed E-state index contributed by atoms with van der Waals surface area (Å²) in [4.78, 5) is 0. The van der Waals surface area contributed by atoms with Gasteiger partial charge in [0.25, 0.3) is 0 Å². The van der Waals surface area contributed by atoms with Crippen molar-refractivity contribution in [3.05, 3.63) is 5.01 Å². The third-order valence-corrected chi connectivity index (χ3v) is 2.79. The summed E-state index contributed by atoms with van der Waals surface area (Å²) < 4.78 is 5.46. The molecule has 0 fully saturated rings. The van der Waals surface area contributed by atoms with E-state index in [0.29, 0.717) is 11.7 Å². The molecule has 3 N–H and O–H groups in total. The van der Waals surface area contributed by atoms with E-state index in [0.717, 1.165) is 18.0 Å². The summed E-state index contributed by atoms with van der Waals surface area (Å²) in [6.45, 7) is 3.53. The van der Waals surface area contributed by atoms with Gasteiger partial charge in [-0.05, 0) is 6.42 Å². The Morgan fingerprint density at radius 3 is 2.87 bits per heavy atom. The van der Waals surface area contributed by atoms with Crippen molar-refractivity contribution in [3.63, 3.8) is 0 Å². The number of hydrogen-bond acceptors (Lipinski definition) is 6. The smallest absolute Gasteiger partial charge is 0.219 e. The molecule has 0 aliphatic rings. The van der Waals surface area contributed by atoms with E-state index in [2.05, 4.69) is 22.5 Å². The molecule has 86 valence electrons. The van der Waals surface area contributed by atoms with Crippen LogP contribution in [-0.2, 0) is 11.3 Å². The molecule has 1 heterocycles. The van der Waals surface area contributed by atoms with E-state index < -0.39 is 0 Å². The molecule has 1 aromatic rings. The van der Waals surface area contributed by atoms with E-state index in [1.165, 1.54) is 30.6 Å². The van der Waals surface area contributed by atoms with Gasteiger partial charge in [0, 0.05) is 6.61 Å². The molecule has 0 radical (unpaired) electrons. The topological polar surface area (TPSA) is 73.1 Å². The molecule has 0 bridgehead atoms. The first kappa shape index (κ1) is 12.4. The molecule has 0 aliphatic heterocycles. The SMILES string of the molecule is CCCCCCOCc1nnc(NN)s1. The van der Waals surface area contributed by atoms with Crippen LogP contribution in [0.1, 0.15) is 37.6 Å². The fraction of sp³-hybridized carbons (Fsp3) is 0.778. The fourth-order valence-electron chi connectivity index (χ4n) is 1.16. The van der Waals surface area contributed by atoms with Crippen molar-refractivity contribution >= 4 is 16.5 Å². The van der Waals surface area contributed by atoms with Crippen LogP contribution in [0, 0.1) is 0 Å². The molecule has 0 aromatic carbocycles. The lowest BCUT2D eigenvalue weighted by molar-refractivity contribution is 0.116. The van der Waals surface area contributed by atoms with E-state index in [1.807, 2.05) is 0 Å². The first-order valence-corrected chi connectivity index (χ1v) is 6.05. The monoisotopic (exact) mass is 230 g/mol. The molecule has 0 saturated carbocycles.